The molecule has 1 aromatic carbocycles. The van der Waals surface area contributed by atoms with Crippen LogP contribution in [0.1, 0.15) is 16.7 Å². The van der Waals surface area contributed by atoms with Gasteiger partial charge in [-0.3, -0.25) is 0 Å². The first-order valence-electron chi connectivity index (χ1n) is 6.02. The monoisotopic (exact) mass is 242 g/mol. The van der Waals surface area contributed by atoms with E-state index in [1.807, 2.05) is 18.2 Å². The minimum Gasteiger partial charge on any atom is -0.380 e. The van der Waals surface area contributed by atoms with E-state index in [4.69, 9.17) is 4.74 Å². The van der Waals surface area contributed by atoms with E-state index >= 15 is 0 Å². The third-order valence-corrected chi connectivity index (χ3v) is 2.87. The fourth-order valence-electron chi connectivity index (χ4n) is 1.88. The molecule has 0 aliphatic rings. The highest BCUT2D eigenvalue weighted by Crippen LogP contribution is 2.14. The lowest BCUT2D eigenvalue weighted by molar-refractivity contribution is 0.184. The maximum Gasteiger partial charge on any atom is 0.129 e. The minimum atomic E-state index is 0.638. The van der Waals surface area contributed by atoms with Gasteiger partial charge in [-0.1, -0.05) is 30.3 Å². The Kier molecular flexibility index (Phi) is 4.31. The van der Waals surface area contributed by atoms with Crippen molar-refractivity contribution in [2.24, 2.45) is 0 Å². The molecule has 2 rings (SSSR count). The minimum absolute atomic E-state index is 0.638. The number of rotatable bonds is 5. The van der Waals surface area contributed by atoms with Gasteiger partial charge in [0, 0.05) is 19.9 Å². The zero-order valence-electron chi connectivity index (χ0n) is 10.8. The van der Waals surface area contributed by atoms with Crippen LogP contribution in [0, 0.1) is 6.92 Å². The zero-order valence-corrected chi connectivity index (χ0v) is 10.8. The second-order valence-corrected chi connectivity index (χ2v) is 4.22. The summed E-state index contributed by atoms with van der Waals surface area (Å²) >= 11 is 0. The van der Waals surface area contributed by atoms with E-state index in [0.29, 0.717) is 6.61 Å². The predicted octanol–water partition coefficient (Wildman–Crippen LogP) is 3.15. The molecule has 0 fully saturated rings. The molecule has 1 aromatic heterocycles. The van der Waals surface area contributed by atoms with Gasteiger partial charge in [0.05, 0.1) is 6.61 Å². The van der Waals surface area contributed by atoms with Crippen LogP contribution in [0.15, 0.2) is 42.6 Å². The first kappa shape index (κ1) is 12.6. The van der Waals surface area contributed by atoms with Gasteiger partial charge in [-0.05, 0) is 29.7 Å². The van der Waals surface area contributed by atoms with Crippen LogP contribution in [0.5, 0.6) is 0 Å². The molecular weight excluding hydrogens is 224 g/mol. The Hall–Kier alpha value is -1.87. The third-order valence-electron chi connectivity index (χ3n) is 2.87. The Morgan fingerprint density at radius 1 is 1.11 bits per heavy atom. The van der Waals surface area contributed by atoms with Gasteiger partial charge in [-0.2, -0.15) is 0 Å². The number of aromatic nitrogens is 1. The number of ether oxygens (including phenoxy) is 1. The maximum absolute atomic E-state index is 5.20. The highest BCUT2D eigenvalue weighted by Gasteiger charge is 2.02. The van der Waals surface area contributed by atoms with Crippen molar-refractivity contribution in [2.45, 2.75) is 20.1 Å². The summed E-state index contributed by atoms with van der Waals surface area (Å²) in [6, 6.07) is 12.3. The van der Waals surface area contributed by atoms with E-state index in [2.05, 4.69) is 35.4 Å². The first-order valence-corrected chi connectivity index (χ1v) is 6.02. The van der Waals surface area contributed by atoms with Crippen molar-refractivity contribution in [3.8, 4) is 0 Å². The van der Waals surface area contributed by atoms with Crippen LogP contribution in [0.3, 0.4) is 0 Å². The molecule has 0 saturated carbocycles. The summed E-state index contributed by atoms with van der Waals surface area (Å²) in [5.41, 5.74) is 3.60. The SMILES string of the molecule is COCc1ccccc1CNc1ncccc1C. The van der Waals surface area contributed by atoms with E-state index < -0.39 is 0 Å². The van der Waals surface area contributed by atoms with E-state index in [1.54, 1.807) is 13.3 Å². The number of benzene rings is 1. The van der Waals surface area contributed by atoms with E-state index in [1.165, 1.54) is 11.1 Å². The average Bonchev–Trinajstić information content (AvgIpc) is 2.40. The molecule has 3 nitrogen and oxygen atoms in total. The van der Waals surface area contributed by atoms with Crippen molar-refractivity contribution in [1.29, 1.82) is 0 Å². The summed E-state index contributed by atoms with van der Waals surface area (Å²) < 4.78 is 5.20. The summed E-state index contributed by atoms with van der Waals surface area (Å²) in [5.74, 6) is 0.935. The van der Waals surface area contributed by atoms with E-state index in [9.17, 15) is 0 Å². The van der Waals surface area contributed by atoms with Gasteiger partial charge in [-0.25, -0.2) is 4.98 Å². The standard InChI is InChI=1S/C15H18N2O/c1-12-6-5-9-16-15(12)17-10-13-7-3-4-8-14(13)11-18-2/h3-9H,10-11H2,1-2H3,(H,16,17). The van der Waals surface area contributed by atoms with Crippen LogP contribution >= 0.6 is 0 Å². The number of hydrogen-bond acceptors (Lipinski definition) is 3. The number of pyridine rings is 1. The lowest BCUT2D eigenvalue weighted by Gasteiger charge is -2.11. The molecule has 0 spiro atoms. The number of methoxy groups -OCH3 is 1. The molecule has 0 atom stereocenters. The third kappa shape index (κ3) is 3.08. The van der Waals surface area contributed by atoms with Crippen LogP contribution in [-0.4, -0.2) is 12.1 Å². The Labute approximate surface area is 108 Å². The predicted molar refractivity (Wildman–Crippen MR) is 73.5 cm³/mol. The molecule has 0 bridgehead atoms. The van der Waals surface area contributed by atoms with Crippen LogP contribution in [0.4, 0.5) is 5.82 Å². The molecule has 0 radical (unpaired) electrons. The summed E-state index contributed by atoms with van der Waals surface area (Å²) in [6.07, 6.45) is 1.80. The second-order valence-electron chi connectivity index (χ2n) is 4.22. The first-order chi connectivity index (χ1) is 8.81. The van der Waals surface area contributed by atoms with Gasteiger partial charge in [-0.15, -0.1) is 0 Å². The van der Waals surface area contributed by atoms with Crippen LogP contribution < -0.4 is 5.32 Å². The lowest BCUT2D eigenvalue weighted by atomic mass is 10.1. The Bertz CT molecular complexity index is 511. The summed E-state index contributed by atoms with van der Waals surface area (Å²) in [6.45, 7) is 3.45. The fourth-order valence-corrected chi connectivity index (χ4v) is 1.88. The van der Waals surface area contributed by atoms with Crippen molar-refractivity contribution in [2.75, 3.05) is 12.4 Å². The summed E-state index contributed by atoms with van der Waals surface area (Å²) in [4.78, 5) is 4.33. The number of nitrogens with zero attached hydrogens (tertiary/aromatic N) is 1. The van der Waals surface area contributed by atoms with Gasteiger partial charge in [0.2, 0.25) is 0 Å². The molecule has 94 valence electrons. The molecule has 1 N–H and O–H groups in total. The van der Waals surface area contributed by atoms with Crippen LogP contribution in [-0.2, 0) is 17.9 Å². The van der Waals surface area contributed by atoms with Gasteiger partial charge in [0.1, 0.15) is 5.82 Å². The van der Waals surface area contributed by atoms with E-state index in [-0.39, 0.29) is 0 Å². The van der Waals surface area contributed by atoms with Crippen molar-refractivity contribution in [3.05, 3.63) is 59.3 Å². The maximum atomic E-state index is 5.20. The van der Waals surface area contributed by atoms with Crippen LogP contribution in [0.25, 0.3) is 0 Å². The largest absolute Gasteiger partial charge is 0.380 e. The Morgan fingerprint density at radius 2 is 1.89 bits per heavy atom. The number of aryl methyl sites for hydroxylation is 1. The molecule has 18 heavy (non-hydrogen) atoms. The highest BCUT2D eigenvalue weighted by molar-refractivity contribution is 5.43. The Balaban J connectivity index is 2.08. The highest BCUT2D eigenvalue weighted by atomic mass is 16.5. The fraction of sp³-hybridized carbons (Fsp3) is 0.267. The molecule has 0 saturated heterocycles. The summed E-state index contributed by atoms with van der Waals surface area (Å²) in [5, 5.41) is 3.36. The van der Waals surface area contributed by atoms with Gasteiger partial charge >= 0.3 is 0 Å². The molecule has 0 amide bonds. The average molecular weight is 242 g/mol. The van der Waals surface area contributed by atoms with Crippen molar-refractivity contribution in [1.82, 2.24) is 4.98 Å². The zero-order chi connectivity index (χ0) is 12.8. The molecule has 0 unspecified atom stereocenters. The molecule has 0 aliphatic heterocycles. The molecule has 3 heteroatoms. The number of anilines is 1. The van der Waals surface area contributed by atoms with Gasteiger partial charge in [0.25, 0.3) is 0 Å². The number of hydrogen-bond donors (Lipinski definition) is 1. The lowest BCUT2D eigenvalue weighted by Crippen LogP contribution is -2.05. The molecular formula is C15H18N2O. The Morgan fingerprint density at radius 3 is 2.61 bits per heavy atom. The van der Waals surface area contributed by atoms with Gasteiger partial charge in [0.15, 0.2) is 0 Å². The number of nitrogens with one attached hydrogen (secondary N) is 1. The molecule has 1 heterocycles. The van der Waals surface area contributed by atoms with Crippen molar-refractivity contribution < 1.29 is 4.74 Å². The van der Waals surface area contributed by atoms with Gasteiger partial charge < -0.3 is 10.1 Å². The second kappa shape index (κ2) is 6.17. The molecule has 2 aromatic rings. The topological polar surface area (TPSA) is 34.1 Å². The van der Waals surface area contributed by atoms with Crippen molar-refractivity contribution >= 4 is 5.82 Å². The van der Waals surface area contributed by atoms with E-state index in [0.717, 1.165) is 17.9 Å². The molecule has 0 aliphatic carbocycles. The quantitative estimate of drug-likeness (QED) is 0.874. The van der Waals surface area contributed by atoms with Crippen LogP contribution in [0.2, 0.25) is 0 Å². The van der Waals surface area contributed by atoms with Crippen molar-refractivity contribution in [3.63, 3.8) is 0 Å². The normalized spacial score (nSPS) is 10.3. The smallest absolute Gasteiger partial charge is 0.129 e. The summed E-state index contributed by atoms with van der Waals surface area (Å²) in [7, 11) is 1.72.